The molecule has 0 bridgehead atoms. The molecule has 4 aromatic rings. The molecule has 30 N–H and O–H groups in total. The number of piperazine rings is 1. The summed E-state index contributed by atoms with van der Waals surface area (Å²) in [4.78, 5) is 251. The summed E-state index contributed by atoms with van der Waals surface area (Å²) < 4.78 is 10.9. The molecule has 16 amide bonds. The molecule has 5 heterocycles. The number of hydrogen-bond acceptors (Lipinski definition) is 29. The van der Waals surface area contributed by atoms with Gasteiger partial charge < -0.3 is 157 Å². The first-order valence-electron chi connectivity index (χ1n) is 52.2. The van der Waals surface area contributed by atoms with E-state index >= 15 is 14.4 Å². The quantitative estimate of drug-likeness (QED) is 0.0112. The van der Waals surface area contributed by atoms with E-state index in [1.807, 2.05) is 19.1 Å². The van der Waals surface area contributed by atoms with Gasteiger partial charge in [-0.3, -0.25) is 91.8 Å². The Balaban J connectivity index is 0.972. The molecular weight excluding hydrogens is 1950 g/mol. The summed E-state index contributed by atoms with van der Waals surface area (Å²) in [6.07, 6.45) is 9.26. The van der Waals surface area contributed by atoms with Crippen molar-refractivity contribution in [3.05, 3.63) is 90.1 Å². The molecule has 15 atom stereocenters. The number of nitrogens with zero attached hydrogens (tertiary/aromatic N) is 4. The number of unbranched alkanes of at least 4 members (excludes halogenated alkanes) is 14. The number of hydrogen-bond donors (Lipinski definition) is 27. The number of carboxylic acids is 1. The average molecular weight is 2110 g/mol. The number of imidazole rings is 1. The predicted molar refractivity (Wildman–Crippen MR) is 547 cm³/mol. The lowest BCUT2D eigenvalue weighted by atomic mass is 10.0. The van der Waals surface area contributed by atoms with E-state index in [0.29, 0.717) is 30.4 Å². The van der Waals surface area contributed by atoms with Gasteiger partial charge in [-0.05, 0) is 81.4 Å². The summed E-state index contributed by atoms with van der Waals surface area (Å²) >= 11 is 0. The lowest BCUT2D eigenvalue weighted by Gasteiger charge is -2.36. The molecule has 3 aliphatic heterocycles. The van der Waals surface area contributed by atoms with Crippen molar-refractivity contribution in [2.24, 2.45) is 17.2 Å². The fraction of sp³-hybridized carbons (Fsp3) is 0.650. The van der Waals surface area contributed by atoms with Gasteiger partial charge in [-0.2, -0.15) is 0 Å². The zero-order chi connectivity index (χ0) is 109. The van der Waals surface area contributed by atoms with E-state index in [2.05, 4.69) is 89.4 Å². The Bertz CT molecular complexity index is 4920. The minimum atomic E-state index is -2.06. The van der Waals surface area contributed by atoms with Crippen LogP contribution in [0, 0.1) is 5.41 Å². The number of aliphatic hydroxyl groups excluding tert-OH is 6. The third-order valence-electron chi connectivity index (χ3n) is 26.1. The Morgan fingerprint density at radius 1 is 0.580 bits per heavy atom. The molecule has 150 heavy (non-hydrogen) atoms. The zero-order valence-corrected chi connectivity index (χ0v) is 85.6. The predicted octanol–water partition coefficient (Wildman–Crippen LogP) is -4.71. The number of aliphatic hydroxyl groups is 6. The maximum absolute atomic E-state index is 15.3. The van der Waals surface area contributed by atoms with Crippen LogP contribution in [0.4, 0.5) is 0 Å². The van der Waals surface area contributed by atoms with E-state index in [9.17, 15) is 97.8 Å². The van der Waals surface area contributed by atoms with Crippen molar-refractivity contribution in [2.75, 3.05) is 112 Å². The van der Waals surface area contributed by atoms with E-state index in [4.69, 9.17) is 37.2 Å². The maximum atomic E-state index is 15.3. The van der Waals surface area contributed by atoms with Gasteiger partial charge in [0, 0.05) is 140 Å². The molecule has 3 saturated heterocycles. The second-order valence-electron chi connectivity index (χ2n) is 38.2. The third kappa shape index (κ3) is 46.7. The number of primary amides is 2. The maximum Gasteiger partial charge on any atom is 0.303 e. The molecule has 50 nitrogen and oxygen atoms in total. The normalized spacial score (nSPS) is 19.6. The van der Waals surface area contributed by atoms with Gasteiger partial charge in [-0.15, -0.1) is 0 Å². The monoisotopic (exact) mass is 2110 g/mol. The number of para-hydroxylation sites is 1. The first kappa shape index (κ1) is 124. The number of fused-ring (bicyclic) bond motifs is 2. The second kappa shape index (κ2) is 68.7. The van der Waals surface area contributed by atoms with Gasteiger partial charge in [-0.25, -0.2) is 4.98 Å². The number of ether oxygens (including phenoxy) is 2. The van der Waals surface area contributed by atoms with Crippen LogP contribution in [0.1, 0.15) is 210 Å². The summed E-state index contributed by atoms with van der Waals surface area (Å²) in [5, 5.41) is 117. The van der Waals surface area contributed by atoms with Crippen LogP contribution in [-0.4, -0.2) is 374 Å². The number of H-pyrrole nitrogens is 2. The standard InChI is InChI=1S/C100H158N24O26/c1-2-3-29-70(91(140)118-73-36-38-83(131)107-39-24-23-31-69(90(102)139)115-95(144)75(50-64-53-110-68-30-22-21-28-67(64)68)119-92(141)71(32-25-40-109-100(103)104)116-94(143)74(49-63-26-17-16-18-27-63)120-97(146)78-52-66(126)58-124(78)99(73)148)113-85(133)59-122-42-44-123(45-43-122)98(147)76(51-65-54-106-62-112-65)121-93(142)72(35-37-81(101)129)117-96(145)77(55-105-56-79(127)88(137)89(138)80(128)60-125)114-84(132)57-111-86(134)61-150-48-47-149-46-41-108-82(130)33-19-14-12-10-8-6-4-5-7-9-11-13-15-20-34-87(135)136/h16-18,21-22,26-28,30,53-54,62,66,69-80,88-89,105,110,125-128,137-138H,2-15,19-20,23-25,29,31-52,55-61H2,1H3,(H2,101,129)(H2,102,139)(H,106,112)(H,107,131)(H,108,130)(H,111,134)(H,113,133)(H,114,132)(H,115,144)(H,116,143)(H,117,145)(H,118,140)(H,119,141)(H,120,146)(H,121,142)(H,135,136)(H4,103,104,109)/t66-,69+,70+,71+,72+,73+,74-,75+,76+,77+,78+,79+,80-,88-,89-/m1/s1. The molecule has 0 unspecified atom stereocenters. The van der Waals surface area contributed by atoms with Crippen LogP contribution in [0.2, 0.25) is 0 Å². The first-order chi connectivity index (χ1) is 72.0. The SMILES string of the molecule is CCCC[C@H](NC(=O)CN1CCN(C(=O)[C@H](Cc2c[nH]cn2)NC(=O)[C@H](CCC(N)=O)NC(=O)[C@H](CNC[C@H](O)[C@@H](O)[C@H](O)[C@H](O)CO)NC(=O)CNC(=O)COCCOCCNC(=O)CCCCCCCCCCCCCCCCC(=O)O)CC1)C(=O)N[C@H]1CCC(=O)NCCCC[C@@H](C(N)=O)NC(=O)[C@H](Cc2c[nH]c3ccccc23)NC(=O)[C@H](CCCNC(=N)N)NC(=O)[C@@H](Cc2ccccc2)NC(=O)[C@@H]2C[C@@H](O)CN2C1=O. The molecule has 834 valence electrons. The number of carbonyl (C=O) groups is 17. The number of carbonyl (C=O) groups excluding carboxylic acids is 16. The average Bonchev–Trinajstić information content (AvgIpc) is 1.64. The second-order valence-corrected chi connectivity index (χ2v) is 38.2. The minimum absolute atomic E-state index is 0.00953. The van der Waals surface area contributed by atoms with Gasteiger partial charge in [0.05, 0.1) is 63.7 Å². The summed E-state index contributed by atoms with van der Waals surface area (Å²) in [5.41, 5.74) is 19.2. The van der Waals surface area contributed by atoms with Crippen LogP contribution in [0.5, 0.6) is 0 Å². The van der Waals surface area contributed by atoms with Crippen molar-refractivity contribution >= 4 is 117 Å². The molecule has 0 saturated carbocycles. The van der Waals surface area contributed by atoms with Crippen LogP contribution < -0.4 is 91.6 Å². The van der Waals surface area contributed by atoms with Crippen LogP contribution in [0.25, 0.3) is 10.9 Å². The van der Waals surface area contributed by atoms with Gasteiger partial charge in [0.25, 0.3) is 0 Å². The van der Waals surface area contributed by atoms with Gasteiger partial charge in [-0.1, -0.05) is 145 Å². The number of amides is 16. The number of benzene rings is 2. The highest BCUT2D eigenvalue weighted by atomic mass is 16.5. The Morgan fingerprint density at radius 2 is 1.19 bits per heavy atom. The topological polar surface area (TPSA) is 775 Å². The van der Waals surface area contributed by atoms with Crippen LogP contribution in [-0.2, 0) is 110 Å². The van der Waals surface area contributed by atoms with Crippen molar-refractivity contribution in [1.29, 1.82) is 5.41 Å². The number of rotatable bonds is 63. The summed E-state index contributed by atoms with van der Waals surface area (Å²) in [7, 11) is 0. The molecule has 7 rings (SSSR count). The molecule has 0 spiro atoms. The Kier molecular flexibility index (Phi) is 56.8. The summed E-state index contributed by atoms with van der Waals surface area (Å²) in [6, 6.07) is 0.664. The molecular formula is C100H158N24O26. The highest BCUT2D eigenvalue weighted by molar-refractivity contribution is 6.00. The van der Waals surface area contributed by atoms with Crippen molar-refractivity contribution in [3.8, 4) is 0 Å². The van der Waals surface area contributed by atoms with Crippen LogP contribution in [0.3, 0.4) is 0 Å². The Morgan fingerprint density at radius 3 is 1.85 bits per heavy atom. The molecule has 2 aromatic heterocycles. The first-order valence-corrected chi connectivity index (χ1v) is 52.2. The molecule has 3 aliphatic rings. The Labute approximate surface area is 871 Å². The number of nitrogens with two attached hydrogens (primary N) is 3. The van der Waals surface area contributed by atoms with E-state index in [1.165, 1.54) is 49.5 Å². The number of aromatic amines is 2. The summed E-state index contributed by atoms with van der Waals surface area (Å²) in [5.74, 6) is -14.2. The van der Waals surface area contributed by atoms with Crippen LogP contribution >= 0.6 is 0 Å². The van der Waals surface area contributed by atoms with E-state index in [0.717, 1.165) is 73.6 Å². The summed E-state index contributed by atoms with van der Waals surface area (Å²) in [6.45, 7) is -2.10. The molecule has 0 aliphatic carbocycles. The fourth-order valence-electron chi connectivity index (χ4n) is 17.6. The number of nitrogens with one attached hydrogen (secondary N) is 17. The smallest absolute Gasteiger partial charge is 0.303 e. The van der Waals surface area contributed by atoms with Crippen molar-refractivity contribution in [1.82, 2.24) is 104 Å². The van der Waals surface area contributed by atoms with Crippen molar-refractivity contribution < 1.29 is 127 Å². The molecule has 0 radical (unpaired) electrons. The molecule has 2 aromatic carbocycles. The van der Waals surface area contributed by atoms with E-state index in [-0.39, 0.29) is 160 Å². The van der Waals surface area contributed by atoms with Crippen molar-refractivity contribution in [2.45, 2.75) is 303 Å². The molecule has 3 fully saturated rings. The lowest BCUT2D eigenvalue weighted by molar-refractivity contribution is -0.143. The van der Waals surface area contributed by atoms with E-state index < -0.39 is 251 Å². The van der Waals surface area contributed by atoms with Crippen LogP contribution in [0.15, 0.2) is 73.3 Å². The molecule has 50 heteroatoms. The highest BCUT2D eigenvalue weighted by Crippen LogP contribution is 2.25. The number of aromatic nitrogens is 3. The largest absolute Gasteiger partial charge is 0.481 e. The fourth-order valence-corrected chi connectivity index (χ4v) is 17.6. The van der Waals surface area contributed by atoms with Gasteiger partial charge in [0.15, 0.2) is 5.96 Å². The zero-order valence-electron chi connectivity index (χ0n) is 85.6. The third-order valence-corrected chi connectivity index (χ3v) is 26.1. The number of aliphatic carboxylic acids is 1. The minimum Gasteiger partial charge on any atom is -0.481 e. The highest BCUT2D eigenvalue weighted by Gasteiger charge is 2.45. The van der Waals surface area contributed by atoms with Gasteiger partial charge >= 0.3 is 5.97 Å². The van der Waals surface area contributed by atoms with Gasteiger partial charge in [0.1, 0.15) is 85.3 Å². The van der Waals surface area contributed by atoms with E-state index in [1.54, 1.807) is 53.6 Å². The number of guanidine groups is 1. The lowest BCUT2D eigenvalue weighted by Crippen LogP contribution is -2.61. The Hall–Kier alpha value is -13.0. The van der Waals surface area contributed by atoms with Crippen molar-refractivity contribution in [3.63, 3.8) is 0 Å². The van der Waals surface area contributed by atoms with Gasteiger partial charge in [0.2, 0.25) is 94.5 Å². The number of carboxylic acid groups (broad SMARTS) is 1.